The van der Waals surface area contributed by atoms with Crippen LogP contribution < -0.4 is 5.32 Å². The number of carbonyl (C=O) groups excluding carboxylic acids is 1. The zero-order valence-corrected chi connectivity index (χ0v) is 9.91. The summed E-state index contributed by atoms with van der Waals surface area (Å²) in [5.41, 5.74) is 1.14. The number of unbranched alkanes of at least 4 members (excludes halogenated alkanes) is 3. The smallest absolute Gasteiger partial charge is 0.224 e. The molecule has 1 amide bonds. The van der Waals surface area contributed by atoms with Crippen LogP contribution in [0.3, 0.4) is 0 Å². The molecule has 0 spiro atoms. The highest BCUT2D eigenvalue weighted by Crippen LogP contribution is 2.02. The van der Waals surface area contributed by atoms with Gasteiger partial charge < -0.3 is 5.32 Å². The maximum absolute atomic E-state index is 11.4. The molecule has 2 heteroatoms. The van der Waals surface area contributed by atoms with E-state index in [0.717, 1.165) is 18.4 Å². The van der Waals surface area contributed by atoms with Crippen molar-refractivity contribution in [3.8, 4) is 0 Å². The SMILES string of the molecule is CCCCC[CH]C(=O)NCc1ccccc1. The Kier molecular flexibility index (Phi) is 6.31. The molecule has 0 aliphatic carbocycles. The third kappa shape index (κ3) is 5.54. The Morgan fingerprint density at radius 3 is 2.69 bits per heavy atom. The van der Waals surface area contributed by atoms with Crippen LogP contribution in [0.4, 0.5) is 0 Å². The van der Waals surface area contributed by atoms with E-state index in [1.807, 2.05) is 30.3 Å². The van der Waals surface area contributed by atoms with Gasteiger partial charge in [0.05, 0.1) is 0 Å². The predicted molar refractivity (Wildman–Crippen MR) is 66.7 cm³/mol. The molecule has 1 aromatic carbocycles. The van der Waals surface area contributed by atoms with E-state index in [2.05, 4.69) is 12.2 Å². The van der Waals surface area contributed by atoms with Crippen molar-refractivity contribution in [2.24, 2.45) is 0 Å². The van der Waals surface area contributed by atoms with Crippen molar-refractivity contribution in [2.75, 3.05) is 0 Å². The first-order chi connectivity index (χ1) is 7.83. The summed E-state index contributed by atoms with van der Waals surface area (Å²) in [6, 6.07) is 9.95. The number of nitrogens with one attached hydrogen (secondary N) is 1. The highest BCUT2D eigenvalue weighted by Gasteiger charge is 2.00. The van der Waals surface area contributed by atoms with E-state index < -0.39 is 0 Å². The van der Waals surface area contributed by atoms with Gasteiger partial charge in [-0.25, -0.2) is 0 Å². The first-order valence-corrected chi connectivity index (χ1v) is 5.98. The van der Waals surface area contributed by atoms with Crippen molar-refractivity contribution < 1.29 is 4.79 Å². The summed E-state index contributed by atoms with van der Waals surface area (Å²) in [6.45, 7) is 2.78. The summed E-state index contributed by atoms with van der Waals surface area (Å²) in [4.78, 5) is 11.4. The maximum atomic E-state index is 11.4. The van der Waals surface area contributed by atoms with Crippen LogP contribution in [0.25, 0.3) is 0 Å². The fourth-order valence-corrected chi connectivity index (χ4v) is 1.48. The number of amides is 1. The van der Waals surface area contributed by atoms with Crippen LogP contribution in [0.5, 0.6) is 0 Å². The summed E-state index contributed by atoms with van der Waals surface area (Å²) in [6.07, 6.45) is 6.13. The number of hydrogen-bond acceptors (Lipinski definition) is 1. The van der Waals surface area contributed by atoms with Crippen LogP contribution in [-0.4, -0.2) is 5.91 Å². The molecule has 0 unspecified atom stereocenters. The minimum Gasteiger partial charge on any atom is -0.352 e. The summed E-state index contributed by atoms with van der Waals surface area (Å²) in [7, 11) is 0. The van der Waals surface area contributed by atoms with Gasteiger partial charge >= 0.3 is 0 Å². The van der Waals surface area contributed by atoms with Crippen molar-refractivity contribution in [3.05, 3.63) is 42.3 Å². The third-order valence-corrected chi connectivity index (χ3v) is 2.45. The molecule has 0 saturated heterocycles. The lowest BCUT2D eigenvalue weighted by molar-refractivity contribution is -0.118. The molecule has 1 N–H and O–H groups in total. The minimum atomic E-state index is 0.0416. The zero-order chi connectivity index (χ0) is 11.6. The molecule has 0 aromatic heterocycles. The van der Waals surface area contributed by atoms with E-state index in [-0.39, 0.29) is 5.91 Å². The van der Waals surface area contributed by atoms with Gasteiger partial charge in [0.15, 0.2) is 0 Å². The third-order valence-electron chi connectivity index (χ3n) is 2.45. The second-order valence-corrected chi connectivity index (χ2v) is 3.90. The molecule has 1 aromatic rings. The van der Waals surface area contributed by atoms with Crippen LogP contribution in [-0.2, 0) is 11.3 Å². The highest BCUT2D eigenvalue weighted by molar-refractivity contribution is 5.84. The Hall–Kier alpha value is -1.31. The van der Waals surface area contributed by atoms with Gasteiger partial charge in [-0.2, -0.15) is 0 Å². The van der Waals surface area contributed by atoms with Crippen molar-refractivity contribution in [3.63, 3.8) is 0 Å². The molecular formula is C14H20NO. The molecule has 0 bridgehead atoms. The van der Waals surface area contributed by atoms with E-state index in [1.165, 1.54) is 12.8 Å². The molecule has 2 nitrogen and oxygen atoms in total. The number of carbonyl (C=O) groups is 1. The summed E-state index contributed by atoms with van der Waals surface area (Å²) < 4.78 is 0. The lowest BCUT2D eigenvalue weighted by Gasteiger charge is -2.04. The standard InChI is InChI=1S/C14H20NO/c1-2-3-4-8-11-14(16)15-12-13-9-6-5-7-10-13/h5-7,9-11H,2-4,8,12H2,1H3,(H,15,16). The largest absolute Gasteiger partial charge is 0.352 e. The fraction of sp³-hybridized carbons (Fsp3) is 0.429. The van der Waals surface area contributed by atoms with E-state index >= 15 is 0 Å². The Balaban J connectivity index is 2.11. The van der Waals surface area contributed by atoms with Gasteiger partial charge in [-0.1, -0.05) is 56.5 Å². The summed E-state index contributed by atoms with van der Waals surface area (Å²) >= 11 is 0. The van der Waals surface area contributed by atoms with Gasteiger partial charge in [0.1, 0.15) is 0 Å². The quantitative estimate of drug-likeness (QED) is 0.700. The van der Waals surface area contributed by atoms with Gasteiger partial charge in [0.2, 0.25) is 5.91 Å². The lowest BCUT2D eigenvalue weighted by atomic mass is 10.1. The monoisotopic (exact) mass is 218 g/mol. The van der Waals surface area contributed by atoms with Crippen LogP contribution >= 0.6 is 0 Å². The second-order valence-electron chi connectivity index (χ2n) is 3.90. The van der Waals surface area contributed by atoms with Gasteiger partial charge in [-0.05, 0) is 12.0 Å². The summed E-state index contributed by atoms with van der Waals surface area (Å²) in [5, 5.41) is 2.88. The van der Waals surface area contributed by atoms with E-state index in [0.29, 0.717) is 6.54 Å². The fourth-order valence-electron chi connectivity index (χ4n) is 1.48. The Morgan fingerprint density at radius 2 is 2.00 bits per heavy atom. The first-order valence-electron chi connectivity index (χ1n) is 5.98. The molecule has 1 rings (SSSR count). The van der Waals surface area contributed by atoms with Gasteiger partial charge in [0, 0.05) is 13.0 Å². The molecule has 0 aliphatic heterocycles. The molecular weight excluding hydrogens is 198 g/mol. The lowest BCUT2D eigenvalue weighted by Crippen LogP contribution is -2.22. The number of hydrogen-bond donors (Lipinski definition) is 1. The van der Waals surface area contributed by atoms with E-state index in [9.17, 15) is 4.79 Å². The molecule has 0 fully saturated rings. The van der Waals surface area contributed by atoms with Crippen LogP contribution in [0.15, 0.2) is 30.3 Å². The average Bonchev–Trinajstić information content (AvgIpc) is 2.33. The van der Waals surface area contributed by atoms with Crippen molar-refractivity contribution in [2.45, 2.75) is 39.2 Å². The zero-order valence-electron chi connectivity index (χ0n) is 9.91. The number of benzene rings is 1. The molecule has 0 aliphatic rings. The molecule has 1 radical (unpaired) electrons. The van der Waals surface area contributed by atoms with Crippen molar-refractivity contribution in [1.82, 2.24) is 5.32 Å². The molecule has 87 valence electrons. The Labute approximate surface area is 98.1 Å². The van der Waals surface area contributed by atoms with Gasteiger partial charge in [-0.3, -0.25) is 4.79 Å². The van der Waals surface area contributed by atoms with Crippen LogP contribution in [0, 0.1) is 6.42 Å². The van der Waals surface area contributed by atoms with Gasteiger partial charge in [0.25, 0.3) is 0 Å². The molecule has 0 atom stereocenters. The minimum absolute atomic E-state index is 0.0416. The van der Waals surface area contributed by atoms with Crippen molar-refractivity contribution >= 4 is 5.91 Å². The molecule has 16 heavy (non-hydrogen) atoms. The Morgan fingerprint density at radius 1 is 1.25 bits per heavy atom. The maximum Gasteiger partial charge on any atom is 0.224 e. The van der Waals surface area contributed by atoms with Crippen LogP contribution in [0.1, 0.15) is 38.2 Å². The predicted octanol–water partition coefficient (Wildman–Crippen LogP) is 3.09. The normalized spacial score (nSPS) is 10.1. The molecule has 0 saturated carbocycles. The second kappa shape index (κ2) is 7.91. The first kappa shape index (κ1) is 12.8. The highest BCUT2D eigenvalue weighted by atomic mass is 16.1. The van der Waals surface area contributed by atoms with Gasteiger partial charge in [-0.15, -0.1) is 0 Å². The van der Waals surface area contributed by atoms with E-state index in [4.69, 9.17) is 0 Å². The molecule has 0 heterocycles. The van der Waals surface area contributed by atoms with E-state index in [1.54, 1.807) is 6.42 Å². The summed E-state index contributed by atoms with van der Waals surface area (Å²) in [5.74, 6) is 0.0416. The van der Waals surface area contributed by atoms with Crippen molar-refractivity contribution in [1.29, 1.82) is 0 Å². The van der Waals surface area contributed by atoms with Crippen LogP contribution in [0.2, 0.25) is 0 Å². The topological polar surface area (TPSA) is 29.1 Å². The Bertz CT molecular complexity index is 295. The average molecular weight is 218 g/mol. The number of rotatable bonds is 7.